The summed E-state index contributed by atoms with van der Waals surface area (Å²) in [6, 6.07) is 20.1. The van der Waals surface area contributed by atoms with E-state index >= 15 is 0 Å². The molecule has 8 atom stereocenters. The van der Waals surface area contributed by atoms with Crippen LogP contribution in [0.5, 0.6) is 0 Å². The summed E-state index contributed by atoms with van der Waals surface area (Å²) >= 11 is -2.43. The quantitative estimate of drug-likeness (QED) is 0.181. The first-order valence-electron chi connectivity index (χ1n) is 16.1. The van der Waals surface area contributed by atoms with Gasteiger partial charge in [0.25, 0.3) is 0 Å². The van der Waals surface area contributed by atoms with Crippen LogP contribution in [0.3, 0.4) is 0 Å². The minimum absolute atomic E-state index is 0.0523. The topological polar surface area (TPSA) is 52.6 Å². The Morgan fingerprint density at radius 2 is 1.00 bits per heavy atom. The summed E-state index contributed by atoms with van der Waals surface area (Å²) < 4.78 is 12.2. The Labute approximate surface area is 260 Å². The molecular formula is C36H50HgO4. The fourth-order valence-electron chi connectivity index (χ4n) is 7.31. The van der Waals surface area contributed by atoms with Crippen LogP contribution in [0.1, 0.15) is 98.0 Å². The van der Waals surface area contributed by atoms with Crippen LogP contribution in [0, 0.1) is 35.5 Å². The van der Waals surface area contributed by atoms with Gasteiger partial charge >= 0.3 is 262 Å². The SMILES string of the molecule is CC(C)[C@@H]1CC[C@@H](C)C[C@H]1OC(=O)[C@@H]([Hg][C@H](C(=O)O[C@@H]1C[C@H](C)CC[C@H]1C(C)C)c1ccccc1)c1ccccc1. The third kappa shape index (κ3) is 8.68. The number of benzene rings is 2. The molecule has 0 aliphatic heterocycles. The van der Waals surface area contributed by atoms with E-state index in [9.17, 15) is 9.59 Å². The zero-order valence-electron chi connectivity index (χ0n) is 26.1. The number of ether oxygens (including phenoxy) is 2. The molecule has 2 aliphatic carbocycles. The summed E-state index contributed by atoms with van der Waals surface area (Å²) in [7, 11) is 0. The van der Waals surface area contributed by atoms with Crippen LogP contribution >= 0.6 is 0 Å². The number of hydrogen-bond acceptors (Lipinski definition) is 4. The molecule has 0 amide bonds. The van der Waals surface area contributed by atoms with Crippen molar-refractivity contribution < 1.29 is 43.6 Å². The van der Waals surface area contributed by atoms with E-state index in [0.717, 1.165) is 36.8 Å². The molecule has 0 bridgehead atoms. The number of carbonyl (C=O) groups excluding carboxylic acids is 2. The van der Waals surface area contributed by atoms with Crippen molar-refractivity contribution in [1.82, 2.24) is 0 Å². The normalized spacial score (nSPS) is 28.0. The van der Waals surface area contributed by atoms with Crippen LogP contribution in [0.25, 0.3) is 0 Å². The Hall–Kier alpha value is -1.68. The fourth-order valence-corrected chi connectivity index (χ4v) is 15.6. The standard InChI is InChI=1S/2C18H25O2.Hg/c2*1-13(2)16-10-9-14(3)11-17(16)20-18(19)12-15-7-5-4-6-8-15;/h2*4-8,12-14,16-17H,9-11H2,1-3H3;/t2*14-,16+,17-;/m11./s1. The number of carbonyl (C=O) groups is 2. The van der Waals surface area contributed by atoms with Crippen LogP contribution in [0.2, 0.25) is 0 Å². The first-order valence-corrected chi connectivity index (χ1v) is 22.5. The molecule has 2 aromatic carbocycles. The maximum atomic E-state index is 14.1. The molecular weight excluding hydrogens is 697 g/mol. The predicted molar refractivity (Wildman–Crippen MR) is 161 cm³/mol. The van der Waals surface area contributed by atoms with Crippen molar-refractivity contribution in [3.05, 3.63) is 71.8 Å². The van der Waals surface area contributed by atoms with E-state index in [4.69, 9.17) is 9.47 Å². The molecule has 5 heteroatoms. The van der Waals surface area contributed by atoms with Crippen LogP contribution < -0.4 is 0 Å². The molecule has 220 valence electrons. The van der Waals surface area contributed by atoms with E-state index in [1.165, 1.54) is 12.8 Å². The van der Waals surface area contributed by atoms with Crippen LogP contribution in [-0.2, 0) is 43.6 Å². The van der Waals surface area contributed by atoms with Gasteiger partial charge in [0.15, 0.2) is 0 Å². The molecule has 2 saturated carbocycles. The van der Waals surface area contributed by atoms with Crippen molar-refractivity contribution in [2.75, 3.05) is 0 Å². The molecule has 4 nitrogen and oxygen atoms in total. The van der Waals surface area contributed by atoms with E-state index in [1.54, 1.807) is 0 Å². The second-order valence-electron chi connectivity index (χ2n) is 13.8. The Bertz CT molecular complexity index is 1010. The van der Waals surface area contributed by atoms with Crippen molar-refractivity contribution in [3.63, 3.8) is 0 Å². The third-order valence-corrected chi connectivity index (χ3v) is 19.8. The molecule has 0 unspecified atom stereocenters. The van der Waals surface area contributed by atoms with Crippen molar-refractivity contribution in [2.24, 2.45) is 35.5 Å². The van der Waals surface area contributed by atoms with E-state index in [1.807, 2.05) is 60.7 Å². The Morgan fingerprint density at radius 3 is 1.34 bits per heavy atom. The molecule has 0 saturated heterocycles. The number of rotatable bonds is 10. The average Bonchev–Trinajstić information content (AvgIpc) is 2.94. The summed E-state index contributed by atoms with van der Waals surface area (Å²) in [5, 5.41) is 0. The van der Waals surface area contributed by atoms with Crippen molar-refractivity contribution >= 4 is 11.9 Å². The van der Waals surface area contributed by atoms with E-state index in [2.05, 4.69) is 41.5 Å². The predicted octanol–water partition coefficient (Wildman–Crippen LogP) is 8.56. The van der Waals surface area contributed by atoms with Gasteiger partial charge in [-0.1, -0.05) is 0 Å². The van der Waals surface area contributed by atoms with Gasteiger partial charge in [-0.2, -0.15) is 0 Å². The maximum absolute atomic E-state index is 14.1. The summed E-state index contributed by atoms with van der Waals surface area (Å²) in [4.78, 5) is 28.3. The monoisotopic (exact) mass is 748 g/mol. The third-order valence-electron chi connectivity index (χ3n) is 9.90. The summed E-state index contributed by atoms with van der Waals surface area (Å²) in [5.41, 5.74) is 1.98. The molecule has 0 N–H and O–H groups in total. The number of esters is 2. The van der Waals surface area contributed by atoms with Crippen molar-refractivity contribution in [3.8, 4) is 0 Å². The molecule has 0 spiro atoms. The van der Waals surface area contributed by atoms with Crippen LogP contribution in [0.15, 0.2) is 60.7 Å². The Balaban J connectivity index is 1.62. The van der Waals surface area contributed by atoms with Gasteiger partial charge in [-0.05, 0) is 0 Å². The zero-order chi connectivity index (χ0) is 29.5. The first kappa shape index (κ1) is 32.2. The number of hydrogen-bond donors (Lipinski definition) is 0. The van der Waals surface area contributed by atoms with Gasteiger partial charge < -0.3 is 0 Å². The second-order valence-corrected chi connectivity index (χ2v) is 21.9. The van der Waals surface area contributed by atoms with E-state index < -0.39 is 24.6 Å². The average molecular weight is 747 g/mol. The fraction of sp³-hybridized carbons (Fsp3) is 0.611. The second kappa shape index (κ2) is 15.2. The van der Waals surface area contributed by atoms with Gasteiger partial charge in [0.2, 0.25) is 0 Å². The Kier molecular flexibility index (Phi) is 11.9. The van der Waals surface area contributed by atoms with Crippen LogP contribution in [-0.4, -0.2) is 24.1 Å². The molecule has 0 aromatic heterocycles. The molecule has 4 rings (SSSR count). The molecule has 2 aliphatic rings. The van der Waals surface area contributed by atoms with Gasteiger partial charge in [-0.15, -0.1) is 0 Å². The van der Waals surface area contributed by atoms with Gasteiger partial charge in [0, 0.05) is 0 Å². The molecule has 0 heterocycles. The summed E-state index contributed by atoms with van der Waals surface area (Å²) in [6.45, 7) is 13.5. The van der Waals surface area contributed by atoms with Crippen LogP contribution in [0.4, 0.5) is 0 Å². The molecule has 0 radical (unpaired) electrons. The van der Waals surface area contributed by atoms with Gasteiger partial charge in [-0.25, -0.2) is 0 Å². The van der Waals surface area contributed by atoms with Crippen molar-refractivity contribution in [2.45, 2.75) is 99.1 Å². The summed E-state index contributed by atoms with van der Waals surface area (Å²) in [6.07, 6.45) is 6.34. The molecule has 2 fully saturated rings. The van der Waals surface area contributed by atoms with E-state index in [-0.39, 0.29) is 31.0 Å². The summed E-state index contributed by atoms with van der Waals surface area (Å²) in [5.74, 6) is 2.59. The minimum atomic E-state index is -2.43. The van der Waals surface area contributed by atoms with Gasteiger partial charge in [0.1, 0.15) is 0 Å². The van der Waals surface area contributed by atoms with Crippen molar-refractivity contribution in [1.29, 1.82) is 0 Å². The molecule has 2 aromatic rings. The zero-order valence-corrected chi connectivity index (χ0v) is 31.6. The first-order chi connectivity index (χ1) is 19.6. The molecule has 41 heavy (non-hydrogen) atoms. The van der Waals surface area contributed by atoms with E-state index in [0.29, 0.717) is 35.5 Å². The van der Waals surface area contributed by atoms with Gasteiger partial charge in [0.05, 0.1) is 0 Å². The Morgan fingerprint density at radius 1 is 0.634 bits per heavy atom. The van der Waals surface area contributed by atoms with Gasteiger partial charge in [-0.3, -0.25) is 0 Å².